The molecule has 0 saturated carbocycles. The summed E-state index contributed by atoms with van der Waals surface area (Å²) >= 11 is 7.53. The Morgan fingerprint density at radius 3 is 2.39 bits per heavy atom. The van der Waals surface area contributed by atoms with Crippen LogP contribution in [0.2, 0.25) is 5.02 Å². The molecule has 7 heteroatoms. The number of nitrogens with two attached hydrogens (primary N) is 1. The number of thioether (sulfide) groups is 1. The van der Waals surface area contributed by atoms with Crippen molar-refractivity contribution in [1.82, 2.24) is 0 Å². The molecular formula is C21H24ClNO4S. The third-order valence-corrected chi connectivity index (χ3v) is 5.52. The summed E-state index contributed by atoms with van der Waals surface area (Å²) in [6.07, 6.45) is 0.228. The van der Waals surface area contributed by atoms with Gasteiger partial charge in [0.05, 0.1) is 23.3 Å². The number of hydrogen-bond donors (Lipinski definition) is 1. The number of halogens is 1. The molecule has 0 aliphatic heterocycles. The van der Waals surface area contributed by atoms with Crippen molar-refractivity contribution >= 4 is 41.0 Å². The second-order valence-corrected chi connectivity index (χ2v) is 7.99. The fraction of sp³-hybridized carbons (Fsp3) is 0.333. The molecule has 0 aliphatic carbocycles. The summed E-state index contributed by atoms with van der Waals surface area (Å²) in [5, 5.41) is -0.0262. The molecule has 2 aromatic carbocycles. The van der Waals surface area contributed by atoms with Crippen LogP contribution in [0.4, 0.5) is 5.69 Å². The van der Waals surface area contributed by atoms with Crippen LogP contribution in [0.1, 0.15) is 36.7 Å². The maximum Gasteiger partial charge on any atom is 0.338 e. The lowest BCUT2D eigenvalue weighted by Crippen LogP contribution is -2.23. The molecule has 0 heterocycles. The molecule has 0 spiro atoms. The lowest BCUT2D eigenvalue weighted by atomic mass is 10.1. The summed E-state index contributed by atoms with van der Waals surface area (Å²) in [6, 6.07) is 12.2. The van der Waals surface area contributed by atoms with Crippen molar-refractivity contribution in [3.05, 3.63) is 58.6 Å². The summed E-state index contributed by atoms with van der Waals surface area (Å²) in [5.74, 6) is -0.711. The number of hydrogen-bond acceptors (Lipinski definition) is 6. The van der Waals surface area contributed by atoms with E-state index in [0.717, 1.165) is 5.56 Å². The normalized spacial score (nSPS) is 11.9. The van der Waals surface area contributed by atoms with E-state index in [0.29, 0.717) is 27.6 Å². The van der Waals surface area contributed by atoms with Crippen molar-refractivity contribution in [3.63, 3.8) is 0 Å². The van der Waals surface area contributed by atoms with Gasteiger partial charge in [-0.1, -0.05) is 29.8 Å². The quantitative estimate of drug-likeness (QED) is 0.376. The van der Waals surface area contributed by atoms with Gasteiger partial charge in [0.15, 0.2) is 0 Å². The van der Waals surface area contributed by atoms with Crippen LogP contribution < -0.4 is 5.73 Å². The maximum atomic E-state index is 12.5. The van der Waals surface area contributed by atoms with E-state index >= 15 is 0 Å². The van der Waals surface area contributed by atoms with E-state index in [4.69, 9.17) is 26.8 Å². The van der Waals surface area contributed by atoms with Crippen molar-refractivity contribution in [2.45, 2.75) is 43.4 Å². The molecule has 0 saturated heterocycles. The molecule has 1 atom stereocenters. The van der Waals surface area contributed by atoms with Crippen LogP contribution in [0.25, 0.3) is 0 Å². The van der Waals surface area contributed by atoms with Crippen LogP contribution in [0.5, 0.6) is 0 Å². The molecule has 0 fully saturated rings. The van der Waals surface area contributed by atoms with Crippen LogP contribution in [-0.2, 0) is 20.7 Å². The molecule has 1 unspecified atom stereocenters. The van der Waals surface area contributed by atoms with Gasteiger partial charge in [-0.15, -0.1) is 11.8 Å². The van der Waals surface area contributed by atoms with Crippen LogP contribution in [-0.4, -0.2) is 29.9 Å². The minimum absolute atomic E-state index is 0.183. The SMILES string of the molecule is CCOC(=O)C(Cc1ccc(C(=O)OC(C)C)cc1)Sc1c(N)cccc1Cl. The van der Waals surface area contributed by atoms with Crippen LogP contribution in [0.15, 0.2) is 47.4 Å². The Hall–Kier alpha value is -2.18. The highest BCUT2D eigenvalue weighted by Gasteiger charge is 2.24. The van der Waals surface area contributed by atoms with Crippen LogP contribution >= 0.6 is 23.4 Å². The first-order valence-electron chi connectivity index (χ1n) is 8.99. The van der Waals surface area contributed by atoms with Gasteiger partial charge in [-0.05, 0) is 57.0 Å². The molecular weight excluding hydrogens is 398 g/mol. The van der Waals surface area contributed by atoms with Gasteiger partial charge in [0.1, 0.15) is 5.25 Å². The Bertz CT molecular complexity index is 803. The molecule has 28 heavy (non-hydrogen) atoms. The molecule has 0 aromatic heterocycles. The largest absolute Gasteiger partial charge is 0.465 e. The summed E-state index contributed by atoms with van der Waals surface area (Å²) < 4.78 is 10.4. The third-order valence-electron chi connectivity index (χ3n) is 3.76. The fourth-order valence-electron chi connectivity index (χ4n) is 2.47. The molecule has 2 aromatic rings. The average Bonchev–Trinajstić information content (AvgIpc) is 2.64. The van der Waals surface area contributed by atoms with Gasteiger partial charge in [0.25, 0.3) is 0 Å². The number of benzene rings is 2. The fourth-order valence-corrected chi connectivity index (χ4v) is 3.90. The summed E-state index contributed by atoms with van der Waals surface area (Å²) in [7, 11) is 0. The number of carbonyl (C=O) groups excluding carboxylic acids is 2. The number of rotatable bonds is 8. The summed E-state index contributed by atoms with van der Waals surface area (Å²) in [5.41, 5.74) is 7.89. The predicted molar refractivity (Wildman–Crippen MR) is 113 cm³/mol. The van der Waals surface area contributed by atoms with E-state index in [2.05, 4.69) is 0 Å². The van der Waals surface area contributed by atoms with E-state index in [1.165, 1.54) is 11.8 Å². The van der Waals surface area contributed by atoms with E-state index in [9.17, 15) is 9.59 Å². The molecule has 0 bridgehead atoms. The van der Waals surface area contributed by atoms with Crippen LogP contribution in [0, 0.1) is 0 Å². The Morgan fingerprint density at radius 2 is 1.82 bits per heavy atom. The topological polar surface area (TPSA) is 78.6 Å². The Kier molecular flexibility index (Phi) is 8.20. The summed E-state index contributed by atoms with van der Waals surface area (Å²) in [6.45, 7) is 5.65. The minimum Gasteiger partial charge on any atom is -0.465 e. The first kappa shape index (κ1) is 22.1. The smallest absolute Gasteiger partial charge is 0.338 e. The van der Waals surface area contributed by atoms with Crippen molar-refractivity contribution in [2.24, 2.45) is 0 Å². The highest BCUT2D eigenvalue weighted by molar-refractivity contribution is 8.00. The van der Waals surface area contributed by atoms with Gasteiger partial charge in [-0.25, -0.2) is 4.79 Å². The van der Waals surface area contributed by atoms with E-state index in [1.54, 1.807) is 63.2 Å². The van der Waals surface area contributed by atoms with Gasteiger partial charge in [0, 0.05) is 10.6 Å². The maximum absolute atomic E-state index is 12.5. The number of nitrogen functional groups attached to an aromatic ring is 1. The average molecular weight is 422 g/mol. The molecule has 0 amide bonds. The van der Waals surface area contributed by atoms with Gasteiger partial charge >= 0.3 is 11.9 Å². The standard InChI is InChI=1S/C21H24ClNO4S/c1-4-26-21(25)18(28-19-16(22)6-5-7-17(19)23)12-14-8-10-15(11-9-14)20(24)27-13(2)3/h5-11,13,18H,4,12,23H2,1-3H3. The third kappa shape index (κ3) is 6.17. The number of esters is 2. The van der Waals surface area contributed by atoms with E-state index in [1.807, 2.05) is 0 Å². The molecule has 150 valence electrons. The zero-order valence-corrected chi connectivity index (χ0v) is 17.7. The van der Waals surface area contributed by atoms with E-state index in [-0.39, 0.29) is 24.6 Å². The number of ether oxygens (including phenoxy) is 2. The monoisotopic (exact) mass is 421 g/mol. The van der Waals surface area contributed by atoms with Crippen LogP contribution in [0.3, 0.4) is 0 Å². The Labute approximate surface area is 174 Å². The van der Waals surface area contributed by atoms with Crippen molar-refractivity contribution in [2.75, 3.05) is 12.3 Å². The second kappa shape index (κ2) is 10.4. The van der Waals surface area contributed by atoms with Crippen molar-refractivity contribution in [1.29, 1.82) is 0 Å². The van der Waals surface area contributed by atoms with Crippen molar-refractivity contribution in [3.8, 4) is 0 Å². The summed E-state index contributed by atoms with van der Waals surface area (Å²) in [4.78, 5) is 25.1. The Balaban J connectivity index is 2.18. The predicted octanol–water partition coefficient (Wildman–Crippen LogP) is 4.75. The highest BCUT2D eigenvalue weighted by atomic mass is 35.5. The van der Waals surface area contributed by atoms with Gasteiger partial charge < -0.3 is 15.2 Å². The molecule has 0 radical (unpaired) electrons. The van der Waals surface area contributed by atoms with Gasteiger partial charge in [0.2, 0.25) is 0 Å². The second-order valence-electron chi connectivity index (χ2n) is 6.37. The molecule has 2 rings (SSSR count). The molecule has 2 N–H and O–H groups in total. The van der Waals surface area contributed by atoms with Crippen molar-refractivity contribution < 1.29 is 19.1 Å². The first-order valence-corrected chi connectivity index (χ1v) is 10.2. The van der Waals surface area contributed by atoms with Gasteiger partial charge in [-0.2, -0.15) is 0 Å². The minimum atomic E-state index is -0.518. The zero-order valence-electron chi connectivity index (χ0n) is 16.1. The number of carbonyl (C=O) groups is 2. The molecule has 5 nitrogen and oxygen atoms in total. The highest BCUT2D eigenvalue weighted by Crippen LogP contribution is 2.36. The first-order chi connectivity index (χ1) is 13.3. The van der Waals surface area contributed by atoms with E-state index < -0.39 is 5.25 Å². The lowest BCUT2D eigenvalue weighted by Gasteiger charge is -2.17. The van der Waals surface area contributed by atoms with Gasteiger partial charge in [-0.3, -0.25) is 4.79 Å². The zero-order chi connectivity index (χ0) is 20.7. The lowest BCUT2D eigenvalue weighted by molar-refractivity contribution is -0.142. The molecule has 0 aliphatic rings. The number of anilines is 1. The Morgan fingerprint density at radius 1 is 1.14 bits per heavy atom.